The lowest BCUT2D eigenvalue weighted by Gasteiger charge is -2.07. The topological polar surface area (TPSA) is 0 Å². The minimum Gasteiger partial charge on any atom is -0.0836 e. The first kappa shape index (κ1) is 10.1. The van der Waals surface area contributed by atoms with E-state index >= 15 is 0 Å². The first-order chi connectivity index (χ1) is 7.77. The summed E-state index contributed by atoms with van der Waals surface area (Å²) in [6, 6.07) is 16.4. The van der Waals surface area contributed by atoms with Crippen molar-refractivity contribution in [2.24, 2.45) is 0 Å². The fourth-order valence-corrected chi connectivity index (χ4v) is 3.21. The molecule has 0 saturated heterocycles. The fraction of sp³-hybridized carbons (Fsp3) is 0. The van der Waals surface area contributed by atoms with Crippen molar-refractivity contribution in [3.63, 3.8) is 0 Å². The molecule has 78 valence electrons. The molecule has 0 bridgehead atoms. The molecule has 0 aliphatic carbocycles. The maximum Gasteiger partial charge on any atom is 0.0495 e. The van der Waals surface area contributed by atoms with Gasteiger partial charge >= 0.3 is 0 Å². The van der Waals surface area contributed by atoms with Gasteiger partial charge in [-0.2, -0.15) is 0 Å². The number of hydrogen-bond donors (Lipinski definition) is 0. The standard InChI is InChI=1S/C14H8BrCl/c15-14-11-6-2-1-4-9(11)8-10-5-3-7-12(16)13(10)14/h1-8H. The van der Waals surface area contributed by atoms with Crippen molar-refractivity contribution in [3.05, 3.63) is 58.0 Å². The third-order valence-electron chi connectivity index (χ3n) is 2.77. The molecule has 3 aromatic rings. The van der Waals surface area contributed by atoms with Crippen molar-refractivity contribution >= 4 is 49.1 Å². The third kappa shape index (κ3) is 1.43. The molecule has 0 nitrogen and oxygen atoms in total. The Morgan fingerprint density at radius 2 is 1.62 bits per heavy atom. The van der Waals surface area contributed by atoms with E-state index in [1.807, 2.05) is 24.3 Å². The Morgan fingerprint density at radius 3 is 2.50 bits per heavy atom. The smallest absolute Gasteiger partial charge is 0.0495 e. The van der Waals surface area contributed by atoms with Gasteiger partial charge in [-0.3, -0.25) is 0 Å². The van der Waals surface area contributed by atoms with E-state index in [4.69, 9.17) is 11.6 Å². The maximum atomic E-state index is 6.23. The van der Waals surface area contributed by atoms with E-state index in [9.17, 15) is 0 Å². The second kappa shape index (κ2) is 3.76. The van der Waals surface area contributed by atoms with E-state index < -0.39 is 0 Å². The summed E-state index contributed by atoms with van der Waals surface area (Å²) in [7, 11) is 0. The van der Waals surface area contributed by atoms with Gasteiger partial charge in [0.15, 0.2) is 0 Å². The van der Waals surface area contributed by atoms with Gasteiger partial charge in [0, 0.05) is 14.9 Å². The monoisotopic (exact) mass is 290 g/mol. The predicted octanol–water partition coefficient (Wildman–Crippen LogP) is 5.41. The maximum absolute atomic E-state index is 6.23. The second-order valence-corrected chi connectivity index (χ2v) is 4.95. The molecule has 0 saturated carbocycles. The van der Waals surface area contributed by atoms with Crippen LogP contribution in [0.5, 0.6) is 0 Å². The minimum absolute atomic E-state index is 0.787. The Balaban J connectivity index is 2.62. The molecule has 0 spiro atoms. The molecule has 0 fully saturated rings. The van der Waals surface area contributed by atoms with E-state index in [1.165, 1.54) is 10.8 Å². The summed E-state index contributed by atoms with van der Waals surface area (Å²) < 4.78 is 1.08. The van der Waals surface area contributed by atoms with E-state index in [1.54, 1.807) is 0 Å². The van der Waals surface area contributed by atoms with Gasteiger partial charge in [0.25, 0.3) is 0 Å². The zero-order valence-corrected chi connectivity index (χ0v) is 10.7. The van der Waals surface area contributed by atoms with E-state index in [-0.39, 0.29) is 0 Å². The summed E-state index contributed by atoms with van der Waals surface area (Å²) in [6.07, 6.45) is 0. The number of benzene rings is 3. The molecular weight excluding hydrogens is 284 g/mol. The zero-order valence-electron chi connectivity index (χ0n) is 8.37. The van der Waals surface area contributed by atoms with Crippen LogP contribution in [-0.2, 0) is 0 Å². The van der Waals surface area contributed by atoms with Crippen LogP contribution in [0.1, 0.15) is 0 Å². The van der Waals surface area contributed by atoms with Crippen LogP contribution in [0.2, 0.25) is 5.02 Å². The first-order valence-corrected chi connectivity index (χ1v) is 6.20. The summed E-state index contributed by atoms with van der Waals surface area (Å²) in [5.41, 5.74) is 0. The molecule has 3 rings (SSSR count). The Kier molecular flexibility index (Phi) is 2.38. The van der Waals surface area contributed by atoms with Crippen LogP contribution >= 0.6 is 27.5 Å². The fourth-order valence-electron chi connectivity index (χ4n) is 2.02. The van der Waals surface area contributed by atoms with Crippen molar-refractivity contribution in [1.29, 1.82) is 0 Å². The van der Waals surface area contributed by atoms with Crippen molar-refractivity contribution < 1.29 is 0 Å². The second-order valence-electron chi connectivity index (χ2n) is 3.75. The molecule has 0 aliphatic heterocycles. The van der Waals surface area contributed by atoms with Gasteiger partial charge in [-0.25, -0.2) is 0 Å². The molecule has 0 aliphatic rings. The molecule has 0 aromatic heterocycles. The summed E-state index contributed by atoms with van der Waals surface area (Å²) in [5, 5.41) is 5.46. The van der Waals surface area contributed by atoms with Gasteiger partial charge in [0.05, 0.1) is 0 Å². The Labute approximate surface area is 107 Å². The van der Waals surface area contributed by atoms with E-state index in [2.05, 4.69) is 40.2 Å². The van der Waals surface area contributed by atoms with Crippen molar-refractivity contribution in [3.8, 4) is 0 Å². The molecule has 0 radical (unpaired) electrons. The predicted molar refractivity (Wildman–Crippen MR) is 74.2 cm³/mol. The largest absolute Gasteiger partial charge is 0.0836 e. The number of halogens is 2. The summed E-state index contributed by atoms with van der Waals surface area (Å²) in [4.78, 5) is 0. The first-order valence-electron chi connectivity index (χ1n) is 5.03. The molecular formula is C14H8BrCl. The molecule has 16 heavy (non-hydrogen) atoms. The Bertz CT molecular complexity index is 689. The van der Waals surface area contributed by atoms with Crippen molar-refractivity contribution in [1.82, 2.24) is 0 Å². The van der Waals surface area contributed by atoms with Crippen LogP contribution in [0.25, 0.3) is 21.5 Å². The van der Waals surface area contributed by atoms with E-state index in [0.717, 1.165) is 20.3 Å². The van der Waals surface area contributed by atoms with Crippen molar-refractivity contribution in [2.45, 2.75) is 0 Å². The molecule has 0 amide bonds. The summed E-state index contributed by atoms with van der Waals surface area (Å²) in [6.45, 7) is 0. The highest BCUT2D eigenvalue weighted by Crippen LogP contribution is 2.36. The van der Waals surface area contributed by atoms with Gasteiger partial charge in [-0.1, -0.05) is 48.0 Å². The van der Waals surface area contributed by atoms with Gasteiger partial charge < -0.3 is 0 Å². The Morgan fingerprint density at radius 1 is 0.875 bits per heavy atom. The molecule has 0 unspecified atom stereocenters. The highest BCUT2D eigenvalue weighted by Gasteiger charge is 2.07. The lowest BCUT2D eigenvalue weighted by molar-refractivity contribution is 1.74. The zero-order chi connectivity index (χ0) is 11.1. The normalized spacial score (nSPS) is 11.1. The summed E-state index contributed by atoms with van der Waals surface area (Å²) >= 11 is 9.88. The van der Waals surface area contributed by atoms with Crippen LogP contribution in [0, 0.1) is 0 Å². The van der Waals surface area contributed by atoms with Crippen LogP contribution in [0.4, 0.5) is 0 Å². The average Bonchev–Trinajstić information content (AvgIpc) is 2.29. The highest BCUT2D eigenvalue weighted by molar-refractivity contribution is 9.10. The van der Waals surface area contributed by atoms with Crippen LogP contribution in [0.3, 0.4) is 0 Å². The molecule has 0 heterocycles. The van der Waals surface area contributed by atoms with Crippen LogP contribution < -0.4 is 0 Å². The van der Waals surface area contributed by atoms with Crippen LogP contribution in [-0.4, -0.2) is 0 Å². The van der Waals surface area contributed by atoms with Crippen LogP contribution in [0.15, 0.2) is 53.0 Å². The lowest BCUT2D eigenvalue weighted by atomic mass is 10.0. The highest BCUT2D eigenvalue weighted by atomic mass is 79.9. The van der Waals surface area contributed by atoms with E-state index in [0.29, 0.717) is 0 Å². The number of hydrogen-bond acceptors (Lipinski definition) is 0. The minimum atomic E-state index is 0.787. The van der Waals surface area contributed by atoms with Gasteiger partial charge in [-0.05, 0) is 44.2 Å². The van der Waals surface area contributed by atoms with Gasteiger partial charge in [0.1, 0.15) is 0 Å². The molecule has 0 N–H and O–H groups in total. The third-order valence-corrected chi connectivity index (χ3v) is 3.91. The van der Waals surface area contributed by atoms with Crippen molar-refractivity contribution in [2.75, 3.05) is 0 Å². The lowest BCUT2D eigenvalue weighted by Crippen LogP contribution is -1.80. The average molecular weight is 292 g/mol. The summed E-state index contributed by atoms with van der Waals surface area (Å²) in [5.74, 6) is 0. The molecule has 3 aromatic carbocycles. The Hall–Kier alpha value is -1.05. The quantitative estimate of drug-likeness (QED) is 0.486. The number of fused-ring (bicyclic) bond motifs is 2. The molecule has 2 heteroatoms. The molecule has 0 atom stereocenters. The van der Waals surface area contributed by atoms with Gasteiger partial charge in [-0.15, -0.1) is 0 Å². The SMILES string of the molecule is Clc1cccc2cc3ccccc3c(Br)c12. The number of rotatable bonds is 0. The van der Waals surface area contributed by atoms with Gasteiger partial charge in [0.2, 0.25) is 0 Å².